The first kappa shape index (κ1) is 27.8. The molecule has 1 aliphatic rings. The average molecular weight is 550 g/mol. The van der Waals surface area contributed by atoms with E-state index >= 15 is 0 Å². The van der Waals surface area contributed by atoms with Crippen LogP contribution < -0.4 is 10.1 Å². The first-order valence-corrected chi connectivity index (χ1v) is 13.0. The Morgan fingerprint density at radius 3 is 2.38 bits per heavy atom. The Kier molecular flexibility index (Phi) is 9.00. The maximum atomic E-state index is 12.9. The number of benzene rings is 2. The van der Waals surface area contributed by atoms with Gasteiger partial charge in [0, 0.05) is 12.1 Å². The molecule has 0 radical (unpaired) electrons. The van der Waals surface area contributed by atoms with Crippen molar-refractivity contribution in [3.05, 3.63) is 81.9 Å². The molecule has 0 aliphatic carbocycles. The molecule has 13 heteroatoms. The minimum absolute atomic E-state index is 0.120. The summed E-state index contributed by atoms with van der Waals surface area (Å²) < 4.78 is 22.9. The number of esters is 1. The lowest BCUT2D eigenvalue weighted by Gasteiger charge is -2.48. The summed E-state index contributed by atoms with van der Waals surface area (Å²) in [5.74, 6) is -1.74. The van der Waals surface area contributed by atoms with Gasteiger partial charge in [0.2, 0.25) is 5.91 Å². The number of hydrogen-bond acceptors (Lipinski definition) is 8. The summed E-state index contributed by atoms with van der Waals surface area (Å²) in [6.07, 6.45) is 0. The van der Waals surface area contributed by atoms with Gasteiger partial charge < -0.3 is 19.7 Å². The number of halogens is 1. The number of nitro benzene ring substituents is 1. The molecule has 1 N–H and O–H groups in total. The van der Waals surface area contributed by atoms with Crippen molar-refractivity contribution in [1.82, 2.24) is 10.2 Å². The number of ether oxygens (including phenoxy) is 2. The Bertz CT molecular complexity index is 1240. The number of nitro groups is 1. The number of rotatable bonds is 11. The van der Waals surface area contributed by atoms with Gasteiger partial charge in [-0.1, -0.05) is 24.3 Å². The second-order valence-electron chi connectivity index (χ2n) is 8.31. The molecule has 0 bridgehead atoms. The van der Waals surface area contributed by atoms with Gasteiger partial charge in [-0.05, 0) is 59.9 Å². The fraction of sp³-hybridized carbons (Fsp3) is 0.292. The van der Waals surface area contributed by atoms with E-state index in [1.807, 2.05) is 19.1 Å². The summed E-state index contributed by atoms with van der Waals surface area (Å²) in [6.45, 7) is 6.50. The molecule has 0 saturated carbocycles. The summed E-state index contributed by atoms with van der Waals surface area (Å²) in [6, 6.07) is 9.84. The van der Waals surface area contributed by atoms with E-state index in [2.05, 4.69) is 11.9 Å². The van der Waals surface area contributed by atoms with Gasteiger partial charge in [0.25, 0.3) is 11.6 Å². The third-order valence-electron chi connectivity index (χ3n) is 5.47. The zero-order valence-electron chi connectivity index (χ0n) is 19.9. The predicted octanol–water partition coefficient (Wildman–Crippen LogP) is 2.53. The van der Waals surface area contributed by atoms with Gasteiger partial charge in [0.15, 0.2) is 18.0 Å². The van der Waals surface area contributed by atoms with Gasteiger partial charge in [-0.15, -0.1) is 0 Å². The number of amides is 2. The van der Waals surface area contributed by atoms with Crippen LogP contribution in [-0.2, 0) is 35.7 Å². The van der Waals surface area contributed by atoms with Crippen LogP contribution in [0.4, 0.5) is 5.69 Å². The Hall–Kier alpha value is -3.77. The van der Waals surface area contributed by atoms with Crippen LogP contribution >= 0.6 is 10.7 Å². The van der Waals surface area contributed by atoms with Gasteiger partial charge in [-0.3, -0.25) is 19.7 Å². The number of hydrogen-bond donors (Lipinski definition) is 1. The van der Waals surface area contributed by atoms with Crippen molar-refractivity contribution >= 4 is 44.2 Å². The number of β-lactam (4-membered cyclic amide) rings is 1. The summed E-state index contributed by atoms with van der Waals surface area (Å²) in [5.41, 5.74) is 1.60. The molecule has 3 rings (SSSR count). The zero-order chi connectivity index (χ0) is 27.3. The summed E-state index contributed by atoms with van der Waals surface area (Å²) in [5, 5.41) is 12.0. The number of non-ortho nitro benzene ring substituents is 1. The molecule has 4 atom stereocenters. The Balaban J connectivity index is 1.64. The van der Waals surface area contributed by atoms with E-state index in [0.29, 0.717) is 11.3 Å². The van der Waals surface area contributed by atoms with Crippen LogP contribution in [0.3, 0.4) is 0 Å². The number of nitrogens with one attached hydrogen (secondary N) is 1. The SMILES string of the molecule is C=C(C)C(C(=O)OCc1ccc([N+](=O)[O-])cc1)N1C(=O)C(NC(=O)COc2ccc(C)cc2)C1S(=O)Cl. The third kappa shape index (κ3) is 6.71. The molecular formula is C24H24ClN3O8S. The number of nitrogens with zero attached hydrogens (tertiary/aromatic N) is 2. The first-order valence-electron chi connectivity index (χ1n) is 10.9. The highest BCUT2D eigenvalue weighted by molar-refractivity contribution is 8.08. The van der Waals surface area contributed by atoms with E-state index in [9.17, 15) is 28.7 Å². The highest BCUT2D eigenvalue weighted by atomic mass is 35.7. The molecule has 11 nitrogen and oxygen atoms in total. The highest BCUT2D eigenvalue weighted by Crippen LogP contribution is 2.31. The lowest BCUT2D eigenvalue weighted by atomic mass is 9.99. The summed E-state index contributed by atoms with van der Waals surface area (Å²) in [4.78, 5) is 49.3. The molecule has 1 saturated heterocycles. The number of aryl methyl sites for hydroxylation is 1. The van der Waals surface area contributed by atoms with Gasteiger partial charge >= 0.3 is 5.97 Å². The van der Waals surface area contributed by atoms with E-state index in [-0.39, 0.29) is 17.9 Å². The van der Waals surface area contributed by atoms with E-state index in [1.165, 1.54) is 31.2 Å². The van der Waals surface area contributed by atoms with Crippen molar-refractivity contribution < 1.29 is 33.0 Å². The predicted molar refractivity (Wildman–Crippen MR) is 135 cm³/mol. The minimum Gasteiger partial charge on any atom is -0.484 e. The lowest BCUT2D eigenvalue weighted by Crippen LogP contribution is -2.75. The van der Waals surface area contributed by atoms with Crippen molar-refractivity contribution in [3.63, 3.8) is 0 Å². The molecule has 2 aromatic rings. The van der Waals surface area contributed by atoms with Crippen molar-refractivity contribution in [2.45, 2.75) is 37.9 Å². The normalized spacial score (nSPS) is 18.2. The van der Waals surface area contributed by atoms with Crippen molar-refractivity contribution in [3.8, 4) is 5.75 Å². The molecule has 1 aliphatic heterocycles. The molecule has 2 amide bonds. The van der Waals surface area contributed by atoms with Crippen LogP contribution in [-0.4, -0.2) is 55.9 Å². The standard InChI is InChI=1S/C24H24ClN3O8S/c1-14(2)21(24(31)36-12-16-6-8-17(9-7-16)28(32)33)27-22(30)20(23(27)37(25)34)26-19(29)13-35-18-10-4-15(3)5-11-18/h4-11,20-21,23H,1,12-13H2,2-3H3,(H,26,29). The van der Waals surface area contributed by atoms with Gasteiger partial charge in [0.05, 0.1) is 4.92 Å². The van der Waals surface area contributed by atoms with Crippen LogP contribution in [0.2, 0.25) is 0 Å². The molecule has 0 spiro atoms. The van der Waals surface area contributed by atoms with E-state index in [0.717, 1.165) is 10.5 Å². The van der Waals surface area contributed by atoms with E-state index in [4.69, 9.17) is 20.2 Å². The maximum absolute atomic E-state index is 12.9. The van der Waals surface area contributed by atoms with Gasteiger partial charge in [-0.25, -0.2) is 9.00 Å². The van der Waals surface area contributed by atoms with Gasteiger partial charge in [-0.2, -0.15) is 0 Å². The zero-order valence-corrected chi connectivity index (χ0v) is 21.5. The molecule has 4 unspecified atom stereocenters. The second kappa shape index (κ2) is 12.0. The maximum Gasteiger partial charge on any atom is 0.333 e. The Morgan fingerprint density at radius 2 is 1.84 bits per heavy atom. The lowest BCUT2D eigenvalue weighted by molar-refractivity contribution is -0.384. The highest BCUT2D eigenvalue weighted by Gasteiger charge is 2.56. The molecular weight excluding hydrogens is 526 g/mol. The van der Waals surface area contributed by atoms with Crippen LogP contribution in [0, 0.1) is 17.0 Å². The van der Waals surface area contributed by atoms with Crippen molar-refractivity contribution in [2.75, 3.05) is 6.61 Å². The first-order chi connectivity index (χ1) is 17.5. The van der Waals surface area contributed by atoms with Crippen LogP contribution in [0.5, 0.6) is 5.75 Å². The van der Waals surface area contributed by atoms with Crippen LogP contribution in [0.15, 0.2) is 60.7 Å². The fourth-order valence-electron chi connectivity index (χ4n) is 3.59. The second-order valence-corrected chi connectivity index (χ2v) is 10.2. The number of carbonyl (C=O) groups excluding carboxylic acids is 3. The summed E-state index contributed by atoms with van der Waals surface area (Å²) >= 11 is 0. The van der Waals surface area contributed by atoms with Crippen molar-refractivity contribution in [1.29, 1.82) is 0 Å². The largest absolute Gasteiger partial charge is 0.484 e. The number of likely N-dealkylation sites (tertiary alicyclic amines) is 1. The molecule has 0 aromatic heterocycles. The average Bonchev–Trinajstić information content (AvgIpc) is 2.85. The Labute approximate surface area is 219 Å². The Morgan fingerprint density at radius 1 is 1.22 bits per heavy atom. The fourth-order valence-corrected chi connectivity index (χ4v) is 4.96. The van der Waals surface area contributed by atoms with E-state index < -0.39 is 56.8 Å². The van der Waals surface area contributed by atoms with Gasteiger partial charge in [0.1, 0.15) is 28.4 Å². The topological polar surface area (TPSA) is 145 Å². The third-order valence-corrected chi connectivity index (χ3v) is 6.90. The minimum atomic E-state index is -2.16. The van der Waals surface area contributed by atoms with Crippen LogP contribution in [0.1, 0.15) is 18.1 Å². The van der Waals surface area contributed by atoms with Crippen LogP contribution in [0.25, 0.3) is 0 Å². The van der Waals surface area contributed by atoms with E-state index in [1.54, 1.807) is 12.1 Å². The monoisotopic (exact) mass is 549 g/mol. The molecule has 196 valence electrons. The summed E-state index contributed by atoms with van der Waals surface area (Å²) in [7, 11) is 3.68. The molecule has 1 heterocycles. The number of carbonyl (C=O) groups is 3. The molecule has 37 heavy (non-hydrogen) atoms. The molecule has 1 fully saturated rings. The van der Waals surface area contributed by atoms with Crippen molar-refractivity contribution in [2.24, 2.45) is 0 Å². The molecule has 2 aromatic carbocycles. The smallest absolute Gasteiger partial charge is 0.333 e. The quantitative estimate of drug-likeness (QED) is 0.112.